The summed E-state index contributed by atoms with van der Waals surface area (Å²) in [5.41, 5.74) is 2.05. The number of amides is 1. The molecule has 0 atom stereocenters. The Kier molecular flexibility index (Phi) is 8.02. The third-order valence-corrected chi connectivity index (χ3v) is 8.11. The van der Waals surface area contributed by atoms with Gasteiger partial charge in [0.25, 0.3) is 5.91 Å². The molecule has 7 nitrogen and oxygen atoms in total. The number of halogens is 1. The molecule has 1 aliphatic heterocycles. The van der Waals surface area contributed by atoms with Gasteiger partial charge in [0.1, 0.15) is 16.1 Å². The molecule has 0 unspecified atom stereocenters. The number of carbonyl (C=O) groups excluding carboxylic acids is 2. The first-order valence-corrected chi connectivity index (χ1v) is 13.7. The van der Waals surface area contributed by atoms with Crippen LogP contribution in [0.25, 0.3) is 21.7 Å². The summed E-state index contributed by atoms with van der Waals surface area (Å²) in [4.78, 5) is 42.6. The molecule has 3 aromatic carbocycles. The molecule has 40 heavy (non-hydrogen) atoms. The summed E-state index contributed by atoms with van der Waals surface area (Å²) in [6.07, 6.45) is 0.660. The molecule has 5 aromatic rings. The molecule has 1 aliphatic rings. The maximum Gasteiger partial charge on any atom is 0.349 e. The van der Waals surface area contributed by atoms with Crippen LogP contribution in [-0.4, -0.2) is 29.9 Å². The molecule has 0 saturated carbocycles. The van der Waals surface area contributed by atoms with Crippen LogP contribution in [0.4, 0.5) is 5.00 Å². The zero-order valence-electron chi connectivity index (χ0n) is 21.8. The van der Waals surface area contributed by atoms with E-state index in [1.54, 1.807) is 19.1 Å². The molecule has 0 spiro atoms. The van der Waals surface area contributed by atoms with Gasteiger partial charge in [0.05, 0.1) is 12.2 Å². The number of fused-ring (bicyclic) bond motifs is 4. The number of hydrogen-bond acceptors (Lipinski definition) is 7. The number of rotatable bonds is 6. The molecule has 3 heterocycles. The summed E-state index contributed by atoms with van der Waals surface area (Å²) in [7, 11) is 0. The van der Waals surface area contributed by atoms with Crippen molar-refractivity contribution in [2.45, 2.75) is 26.4 Å². The van der Waals surface area contributed by atoms with Crippen LogP contribution in [0.2, 0.25) is 0 Å². The Labute approximate surface area is 240 Å². The normalized spacial score (nSPS) is 13.0. The first-order valence-electron chi connectivity index (χ1n) is 12.9. The van der Waals surface area contributed by atoms with E-state index in [2.05, 4.69) is 22.3 Å². The molecule has 6 rings (SSSR count). The Morgan fingerprint density at radius 1 is 1.02 bits per heavy atom. The lowest BCUT2D eigenvalue weighted by Crippen LogP contribution is -2.30. The van der Waals surface area contributed by atoms with Crippen LogP contribution in [-0.2, 0) is 24.2 Å². The number of ether oxygens (including phenoxy) is 1. The Hall–Kier alpha value is -3.98. The van der Waals surface area contributed by atoms with Crippen molar-refractivity contribution >= 4 is 62.4 Å². The van der Waals surface area contributed by atoms with Crippen LogP contribution in [0.3, 0.4) is 0 Å². The smallest absolute Gasteiger partial charge is 0.349 e. The summed E-state index contributed by atoms with van der Waals surface area (Å²) in [6, 6.07) is 23.1. The number of thiophene rings is 1. The number of nitrogens with one attached hydrogen (secondary N) is 1. The fraction of sp³-hybridized carbons (Fsp3) is 0.194. The molecule has 1 amide bonds. The fourth-order valence-corrected chi connectivity index (χ4v) is 6.41. The van der Waals surface area contributed by atoms with Crippen molar-refractivity contribution in [3.8, 4) is 0 Å². The number of hydrogen-bond donors (Lipinski definition) is 1. The third-order valence-electron chi connectivity index (χ3n) is 6.98. The van der Waals surface area contributed by atoms with Crippen molar-refractivity contribution in [1.29, 1.82) is 0 Å². The molecule has 0 aliphatic carbocycles. The van der Waals surface area contributed by atoms with Gasteiger partial charge < -0.3 is 14.5 Å². The van der Waals surface area contributed by atoms with E-state index in [4.69, 9.17) is 9.15 Å². The maximum absolute atomic E-state index is 13.4. The summed E-state index contributed by atoms with van der Waals surface area (Å²) >= 11 is 1.36. The summed E-state index contributed by atoms with van der Waals surface area (Å²) in [6.45, 7) is 4.20. The minimum Gasteiger partial charge on any atom is -0.462 e. The van der Waals surface area contributed by atoms with Gasteiger partial charge in [-0.05, 0) is 47.4 Å². The van der Waals surface area contributed by atoms with E-state index in [0.717, 1.165) is 34.3 Å². The van der Waals surface area contributed by atoms with E-state index in [1.807, 2.05) is 48.5 Å². The third kappa shape index (κ3) is 5.25. The molecular formula is C31H27ClN2O5S. The summed E-state index contributed by atoms with van der Waals surface area (Å²) < 4.78 is 10.9. The number of benzene rings is 3. The number of nitrogens with zero attached hydrogens (tertiary/aromatic N) is 1. The number of carbonyl (C=O) groups is 2. The number of esters is 1. The monoisotopic (exact) mass is 574 g/mol. The van der Waals surface area contributed by atoms with Gasteiger partial charge in [-0.2, -0.15) is 0 Å². The Morgan fingerprint density at radius 3 is 2.60 bits per heavy atom. The minimum absolute atomic E-state index is 0. The van der Waals surface area contributed by atoms with Crippen molar-refractivity contribution in [2.24, 2.45) is 0 Å². The predicted molar refractivity (Wildman–Crippen MR) is 160 cm³/mol. The van der Waals surface area contributed by atoms with Crippen LogP contribution in [0, 0.1) is 0 Å². The maximum atomic E-state index is 13.4. The molecule has 9 heteroatoms. The van der Waals surface area contributed by atoms with Crippen LogP contribution >= 0.6 is 23.7 Å². The Morgan fingerprint density at radius 2 is 1.80 bits per heavy atom. The lowest BCUT2D eigenvalue weighted by atomic mass is 10.0. The van der Waals surface area contributed by atoms with Crippen LogP contribution in [0.1, 0.15) is 43.6 Å². The van der Waals surface area contributed by atoms with Crippen LogP contribution in [0.5, 0.6) is 0 Å². The molecule has 1 N–H and O–H groups in total. The van der Waals surface area contributed by atoms with Crippen molar-refractivity contribution in [3.05, 3.63) is 110 Å². The SMILES string of the molecule is CCOC(=O)c1c(NC(=O)c2cc3c(ccc4ccccc43)oc2=O)sc2c1CCN(Cc1ccccc1)C2.Cl. The highest BCUT2D eigenvalue weighted by molar-refractivity contribution is 7.17. The Bertz CT molecular complexity index is 1780. The molecule has 0 radical (unpaired) electrons. The number of anilines is 1. The van der Waals surface area contributed by atoms with Gasteiger partial charge in [0.15, 0.2) is 0 Å². The lowest BCUT2D eigenvalue weighted by Gasteiger charge is -2.27. The first-order chi connectivity index (χ1) is 19.0. The molecule has 204 valence electrons. The van der Waals surface area contributed by atoms with Gasteiger partial charge in [0, 0.05) is 29.9 Å². The zero-order chi connectivity index (χ0) is 26.9. The van der Waals surface area contributed by atoms with Gasteiger partial charge in [-0.1, -0.05) is 60.7 Å². The zero-order valence-corrected chi connectivity index (χ0v) is 23.4. The van der Waals surface area contributed by atoms with Crippen molar-refractivity contribution in [2.75, 3.05) is 18.5 Å². The predicted octanol–water partition coefficient (Wildman–Crippen LogP) is 6.42. The lowest BCUT2D eigenvalue weighted by molar-refractivity contribution is 0.0526. The van der Waals surface area contributed by atoms with E-state index in [1.165, 1.54) is 16.9 Å². The molecule has 0 fully saturated rings. The molecule has 0 bridgehead atoms. The largest absolute Gasteiger partial charge is 0.462 e. The second kappa shape index (κ2) is 11.6. The van der Waals surface area contributed by atoms with Crippen molar-refractivity contribution in [1.82, 2.24) is 4.90 Å². The van der Waals surface area contributed by atoms with E-state index >= 15 is 0 Å². The highest BCUT2D eigenvalue weighted by Crippen LogP contribution is 2.38. The minimum atomic E-state index is -0.733. The van der Waals surface area contributed by atoms with E-state index in [0.29, 0.717) is 34.5 Å². The van der Waals surface area contributed by atoms with Gasteiger partial charge in [-0.15, -0.1) is 23.7 Å². The average Bonchev–Trinajstić information content (AvgIpc) is 3.30. The average molecular weight is 575 g/mol. The van der Waals surface area contributed by atoms with E-state index in [9.17, 15) is 14.4 Å². The van der Waals surface area contributed by atoms with Gasteiger partial charge in [-0.25, -0.2) is 9.59 Å². The second-order valence-corrected chi connectivity index (χ2v) is 10.6. The first kappa shape index (κ1) is 27.6. The highest BCUT2D eigenvalue weighted by Gasteiger charge is 2.30. The Balaban J connectivity index is 0.00000323. The molecule has 0 saturated heterocycles. The highest BCUT2D eigenvalue weighted by atomic mass is 35.5. The topological polar surface area (TPSA) is 88.8 Å². The van der Waals surface area contributed by atoms with Crippen LogP contribution < -0.4 is 10.9 Å². The van der Waals surface area contributed by atoms with Gasteiger partial charge in [-0.3, -0.25) is 9.69 Å². The standard InChI is InChI=1S/C31H26N2O5S.ClH/c1-2-37-31(36)27-22-14-15-33(17-19-8-4-3-5-9-19)18-26(22)39-29(27)32-28(34)24-16-23-21-11-7-6-10-20(21)12-13-25(23)38-30(24)35;/h3-13,16H,2,14-15,17-18H2,1H3,(H,32,34);1H. The van der Waals surface area contributed by atoms with E-state index in [-0.39, 0.29) is 24.6 Å². The summed E-state index contributed by atoms with van der Waals surface area (Å²) in [5.74, 6) is -1.10. The summed E-state index contributed by atoms with van der Waals surface area (Å²) in [5, 5.41) is 5.76. The fourth-order valence-electron chi connectivity index (χ4n) is 5.14. The van der Waals surface area contributed by atoms with Crippen molar-refractivity contribution in [3.63, 3.8) is 0 Å². The molecule has 2 aromatic heterocycles. The van der Waals surface area contributed by atoms with Crippen molar-refractivity contribution < 1.29 is 18.7 Å². The van der Waals surface area contributed by atoms with Gasteiger partial charge >= 0.3 is 11.6 Å². The van der Waals surface area contributed by atoms with E-state index < -0.39 is 17.5 Å². The quantitative estimate of drug-likeness (QED) is 0.143. The van der Waals surface area contributed by atoms with Crippen LogP contribution in [0.15, 0.2) is 82.0 Å². The van der Waals surface area contributed by atoms with Gasteiger partial charge in [0.2, 0.25) is 0 Å². The molecular weight excluding hydrogens is 548 g/mol. The second-order valence-electron chi connectivity index (χ2n) is 9.47.